The number of likely N-dealkylation sites (tertiary alicyclic amines) is 1. The number of ketones is 1. The van der Waals surface area contributed by atoms with E-state index in [4.69, 9.17) is 9.47 Å². The second kappa shape index (κ2) is 7.50. The lowest BCUT2D eigenvalue weighted by Gasteiger charge is -2.18. The third-order valence-corrected chi connectivity index (χ3v) is 5.12. The molecule has 0 aromatic heterocycles. The van der Waals surface area contributed by atoms with Gasteiger partial charge in [-0.1, -0.05) is 31.2 Å². The fourth-order valence-electron chi connectivity index (χ4n) is 3.82. The molecule has 0 unspecified atom stereocenters. The van der Waals surface area contributed by atoms with Gasteiger partial charge in [0.1, 0.15) is 6.61 Å². The summed E-state index contributed by atoms with van der Waals surface area (Å²) in [7, 11) is 0. The van der Waals surface area contributed by atoms with Crippen LogP contribution >= 0.6 is 0 Å². The summed E-state index contributed by atoms with van der Waals surface area (Å²) in [5, 5.41) is 0. The molecular formula is C22H25NO3. The zero-order valence-electron chi connectivity index (χ0n) is 15.3. The fourth-order valence-corrected chi connectivity index (χ4v) is 3.82. The topological polar surface area (TPSA) is 38.8 Å². The van der Waals surface area contributed by atoms with Gasteiger partial charge in [0.15, 0.2) is 17.3 Å². The monoisotopic (exact) mass is 351 g/mol. The number of nitrogens with zero attached hydrogens (tertiary/aromatic N) is 1. The molecule has 4 rings (SSSR count). The molecule has 2 aliphatic rings. The summed E-state index contributed by atoms with van der Waals surface area (Å²) in [5.41, 5.74) is 3.34. The molecule has 26 heavy (non-hydrogen) atoms. The standard InChI is InChI=1S/C22H25NO3/c1-2-14-25-19-10-9-17-16-7-3-4-8-18(16)21(24)20(17)22(19)26-15-13-23-11-5-6-12-23/h3-4,7-10H,2,5-6,11-15H2,1H3. The summed E-state index contributed by atoms with van der Waals surface area (Å²) in [4.78, 5) is 15.4. The van der Waals surface area contributed by atoms with Crippen LogP contribution in [0.4, 0.5) is 0 Å². The summed E-state index contributed by atoms with van der Waals surface area (Å²) in [6.45, 7) is 6.42. The number of carbonyl (C=O) groups excluding carboxylic acids is 1. The minimum Gasteiger partial charge on any atom is -0.490 e. The second-order valence-corrected chi connectivity index (χ2v) is 6.94. The Morgan fingerprint density at radius 2 is 1.69 bits per heavy atom. The van der Waals surface area contributed by atoms with E-state index in [0.29, 0.717) is 30.3 Å². The predicted molar refractivity (Wildman–Crippen MR) is 102 cm³/mol. The van der Waals surface area contributed by atoms with E-state index < -0.39 is 0 Å². The molecule has 1 aliphatic heterocycles. The molecule has 2 aromatic carbocycles. The van der Waals surface area contributed by atoms with Crippen molar-refractivity contribution in [2.24, 2.45) is 0 Å². The van der Waals surface area contributed by atoms with Gasteiger partial charge >= 0.3 is 0 Å². The summed E-state index contributed by atoms with van der Waals surface area (Å²) in [5.74, 6) is 1.32. The van der Waals surface area contributed by atoms with Crippen LogP contribution in [0.2, 0.25) is 0 Å². The number of ether oxygens (including phenoxy) is 2. The molecule has 1 saturated heterocycles. The molecule has 4 nitrogen and oxygen atoms in total. The number of benzene rings is 2. The quantitative estimate of drug-likeness (QED) is 0.641. The van der Waals surface area contributed by atoms with E-state index in [1.54, 1.807) is 0 Å². The Morgan fingerprint density at radius 3 is 2.46 bits per heavy atom. The van der Waals surface area contributed by atoms with E-state index in [9.17, 15) is 4.79 Å². The van der Waals surface area contributed by atoms with Gasteiger partial charge in [0.05, 0.1) is 12.2 Å². The van der Waals surface area contributed by atoms with Crippen molar-refractivity contribution >= 4 is 5.78 Å². The van der Waals surface area contributed by atoms with Crippen molar-refractivity contribution in [1.29, 1.82) is 0 Å². The van der Waals surface area contributed by atoms with Crippen molar-refractivity contribution in [2.45, 2.75) is 26.2 Å². The molecule has 0 bridgehead atoms. The molecular weight excluding hydrogens is 326 g/mol. The first kappa shape index (κ1) is 17.1. The average molecular weight is 351 g/mol. The van der Waals surface area contributed by atoms with Crippen molar-refractivity contribution in [1.82, 2.24) is 4.90 Å². The van der Waals surface area contributed by atoms with E-state index in [-0.39, 0.29) is 5.78 Å². The Hall–Kier alpha value is -2.33. The molecule has 1 aliphatic carbocycles. The zero-order chi connectivity index (χ0) is 17.9. The maximum atomic E-state index is 13.0. The SMILES string of the molecule is CCCOc1ccc2c(c1OCCN1CCCC1)C(=O)c1ccccc1-2. The zero-order valence-corrected chi connectivity index (χ0v) is 15.3. The van der Waals surface area contributed by atoms with Gasteiger partial charge < -0.3 is 9.47 Å². The number of hydrogen-bond acceptors (Lipinski definition) is 4. The van der Waals surface area contributed by atoms with Gasteiger partial charge in [-0.3, -0.25) is 9.69 Å². The van der Waals surface area contributed by atoms with Crippen molar-refractivity contribution in [3.8, 4) is 22.6 Å². The normalized spacial score (nSPS) is 15.8. The first-order chi connectivity index (χ1) is 12.8. The highest BCUT2D eigenvalue weighted by molar-refractivity contribution is 6.23. The molecule has 0 amide bonds. The van der Waals surface area contributed by atoms with Crippen LogP contribution in [0.15, 0.2) is 36.4 Å². The van der Waals surface area contributed by atoms with E-state index in [1.807, 2.05) is 36.4 Å². The molecule has 0 atom stereocenters. The second-order valence-electron chi connectivity index (χ2n) is 6.94. The van der Waals surface area contributed by atoms with Crippen molar-refractivity contribution in [2.75, 3.05) is 32.8 Å². The molecule has 0 N–H and O–H groups in total. The van der Waals surface area contributed by atoms with E-state index in [0.717, 1.165) is 42.7 Å². The predicted octanol–water partition coefficient (Wildman–Crippen LogP) is 4.16. The Bertz CT molecular complexity index is 809. The van der Waals surface area contributed by atoms with Gasteiger partial charge in [-0.05, 0) is 55.6 Å². The summed E-state index contributed by atoms with van der Waals surface area (Å²) >= 11 is 0. The first-order valence-corrected chi connectivity index (χ1v) is 9.58. The van der Waals surface area contributed by atoms with Crippen LogP contribution in [-0.4, -0.2) is 43.5 Å². The lowest BCUT2D eigenvalue weighted by atomic mass is 10.0. The third kappa shape index (κ3) is 3.10. The molecule has 1 fully saturated rings. The van der Waals surface area contributed by atoms with E-state index >= 15 is 0 Å². The van der Waals surface area contributed by atoms with Gasteiger partial charge in [-0.25, -0.2) is 0 Å². The van der Waals surface area contributed by atoms with E-state index in [2.05, 4.69) is 11.8 Å². The highest BCUT2D eigenvalue weighted by Gasteiger charge is 2.32. The molecule has 0 saturated carbocycles. The van der Waals surface area contributed by atoms with Crippen LogP contribution in [0.5, 0.6) is 11.5 Å². The Balaban J connectivity index is 1.64. The molecule has 2 aromatic rings. The van der Waals surface area contributed by atoms with Crippen LogP contribution < -0.4 is 9.47 Å². The van der Waals surface area contributed by atoms with Gasteiger partial charge in [-0.2, -0.15) is 0 Å². The number of hydrogen-bond donors (Lipinski definition) is 0. The maximum Gasteiger partial charge on any atom is 0.198 e. The minimum atomic E-state index is 0.0359. The highest BCUT2D eigenvalue weighted by atomic mass is 16.5. The summed E-state index contributed by atoms with van der Waals surface area (Å²) in [6.07, 6.45) is 3.44. The van der Waals surface area contributed by atoms with Crippen molar-refractivity contribution in [3.63, 3.8) is 0 Å². The van der Waals surface area contributed by atoms with Crippen LogP contribution in [0.25, 0.3) is 11.1 Å². The molecule has 1 heterocycles. The Morgan fingerprint density at radius 1 is 0.923 bits per heavy atom. The minimum absolute atomic E-state index is 0.0359. The van der Waals surface area contributed by atoms with Crippen LogP contribution in [0, 0.1) is 0 Å². The third-order valence-electron chi connectivity index (χ3n) is 5.12. The summed E-state index contributed by atoms with van der Waals surface area (Å²) in [6, 6.07) is 11.7. The van der Waals surface area contributed by atoms with Gasteiger partial charge in [-0.15, -0.1) is 0 Å². The van der Waals surface area contributed by atoms with Crippen molar-refractivity contribution in [3.05, 3.63) is 47.5 Å². The Labute approximate surface area is 154 Å². The van der Waals surface area contributed by atoms with Crippen LogP contribution in [0.1, 0.15) is 42.1 Å². The lowest BCUT2D eigenvalue weighted by molar-refractivity contribution is 0.103. The average Bonchev–Trinajstić information content (AvgIpc) is 3.28. The number of rotatable bonds is 7. The molecule has 136 valence electrons. The number of carbonyl (C=O) groups is 1. The van der Waals surface area contributed by atoms with Crippen molar-refractivity contribution < 1.29 is 14.3 Å². The van der Waals surface area contributed by atoms with Crippen LogP contribution in [0.3, 0.4) is 0 Å². The molecule has 0 spiro atoms. The lowest BCUT2D eigenvalue weighted by Crippen LogP contribution is -2.25. The highest BCUT2D eigenvalue weighted by Crippen LogP contribution is 2.45. The number of fused-ring (bicyclic) bond motifs is 3. The summed E-state index contributed by atoms with van der Waals surface area (Å²) < 4.78 is 12.0. The van der Waals surface area contributed by atoms with Crippen LogP contribution in [-0.2, 0) is 0 Å². The maximum absolute atomic E-state index is 13.0. The Kier molecular flexibility index (Phi) is 4.93. The molecule has 0 radical (unpaired) electrons. The van der Waals surface area contributed by atoms with Gasteiger partial charge in [0.25, 0.3) is 0 Å². The van der Waals surface area contributed by atoms with Gasteiger partial charge in [0, 0.05) is 12.1 Å². The first-order valence-electron chi connectivity index (χ1n) is 9.58. The smallest absolute Gasteiger partial charge is 0.198 e. The van der Waals surface area contributed by atoms with E-state index in [1.165, 1.54) is 12.8 Å². The molecule has 4 heteroatoms. The fraction of sp³-hybridized carbons (Fsp3) is 0.409. The largest absolute Gasteiger partial charge is 0.490 e. The van der Waals surface area contributed by atoms with Gasteiger partial charge in [0.2, 0.25) is 0 Å².